The number of hydrogen-bond acceptors (Lipinski definition) is 5. The van der Waals surface area contributed by atoms with Gasteiger partial charge in [0.25, 0.3) is 0 Å². The van der Waals surface area contributed by atoms with E-state index >= 15 is 0 Å². The summed E-state index contributed by atoms with van der Waals surface area (Å²) in [5, 5.41) is 4.04. The van der Waals surface area contributed by atoms with Crippen molar-refractivity contribution in [3.8, 4) is 11.3 Å². The van der Waals surface area contributed by atoms with Crippen LogP contribution < -0.4 is 10.2 Å². The summed E-state index contributed by atoms with van der Waals surface area (Å²) < 4.78 is 11.2. The van der Waals surface area contributed by atoms with Crippen molar-refractivity contribution in [3.05, 3.63) is 108 Å². The summed E-state index contributed by atoms with van der Waals surface area (Å²) in [5.74, 6) is 1.00. The number of carbonyl (C=O) groups excluding carboxylic acids is 1. The number of furan rings is 1. The van der Waals surface area contributed by atoms with Gasteiger partial charge in [0.2, 0.25) is 0 Å². The average Bonchev–Trinajstić information content (AvgIpc) is 3.49. The van der Waals surface area contributed by atoms with Gasteiger partial charge in [-0.2, -0.15) is 0 Å². The Hall–Kier alpha value is -3.97. The summed E-state index contributed by atoms with van der Waals surface area (Å²) >= 11 is 5.76. The van der Waals surface area contributed by atoms with E-state index in [2.05, 4.69) is 46.4 Å². The third kappa shape index (κ3) is 4.06. The van der Waals surface area contributed by atoms with E-state index < -0.39 is 0 Å². The molecule has 2 atom stereocenters. The fourth-order valence-electron chi connectivity index (χ4n) is 4.21. The number of ether oxygens (including phenoxy) is 1. The number of anilines is 1. The Morgan fingerprint density at radius 1 is 1.06 bits per heavy atom. The first-order valence-corrected chi connectivity index (χ1v) is 11.3. The van der Waals surface area contributed by atoms with Crippen LogP contribution in [0.4, 0.5) is 5.69 Å². The molecule has 0 saturated carbocycles. The first-order valence-electron chi connectivity index (χ1n) is 10.9. The number of rotatable bonds is 5. The number of carbonyl (C=O) groups is 1. The zero-order valence-electron chi connectivity index (χ0n) is 18.8. The van der Waals surface area contributed by atoms with Gasteiger partial charge in [-0.15, -0.1) is 0 Å². The smallest absolute Gasteiger partial charge is 0.337 e. The van der Waals surface area contributed by atoms with Crippen LogP contribution in [0.2, 0.25) is 0 Å². The van der Waals surface area contributed by atoms with Crippen molar-refractivity contribution in [1.82, 2.24) is 10.3 Å². The Morgan fingerprint density at radius 3 is 2.62 bits per heavy atom. The lowest BCUT2D eigenvalue weighted by Crippen LogP contribution is -2.29. The maximum absolute atomic E-state index is 12.0. The van der Waals surface area contributed by atoms with Crippen LogP contribution in [-0.2, 0) is 4.74 Å². The molecule has 4 aromatic rings. The summed E-state index contributed by atoms with van der Waals surface area (Å²) in [6.45, 7) is 2.06. The maximum Gasteiger partial charge on any atom is 0.337 e. The summed E-state index contributed by atoms with van der Waals surface area (Å²) in [6, 6.07) is 24.7. The molecule has 6 nitrogen and oxygen atoms in total. The number of esters is 1. The molecule has 7 heteroatoms. The number of thiocarbonyl (C=S) groups is 1. The van der Waals surface area contributed by atoms with Gasteiger partial charge in [0, 0.05) is 17.4 Å². The van der Waals surface area contributed by atoms with Crippen molar-refractivity contribution < 1.29 is 13.9 Å². The SMILES string of the molecule is COC(=O)c1cccc(-c2ccc([C@H]3[C@@H](c4ccccn4)NC(=S)N3c3ccc(C)cc3)o2)c1. The summed E-state index contributed by atoms with van der Waals surface area (Å²) in [4.78, 5) is 18.6. The van der Waals surface area contributed by atoms with E-state index in [-0.39, 0.29) is 18.1 Å². The molecular formula is C27H23N3O3S. The second kappa shape index (κ2) is 9.11. The van der Waals surface area contributed by atoms with Gasteiger partial charge in [0.1, 0.15) is 17.6 Å². The summed E-state index contributed by atoms with van der Waals surface area (Å²) in [5.41, 5.74) is 4.27. The molecule has 0 aliphatic carbocycles. The second-order valence-corrected chi connectivity index (χ2v) is 8.49. The average molecular weight is 470 g/mol. The minimum Gasteiger partial charge on any atom is -0.465 e. The molecule has 1 aliphatic rings. The first-order chi connectivity index (χ1) is 16.5. The number of pyridine rings is 1. The van der Waals surface area contributed by atoms with E-state index in [1.165, 1.54) is 12.7 Å². The van der Waals surface area contributed by atoms with E-state index in [1.807, 2.05) is 42.5 Å². The number of hydrogen-bond donors (Lipinski definition) is 1. The van der Waals surface area contributed by atoms with Gasteiger partial charge in [-0.05, 0) is 67.7 Å². The fraction of sp³-hybridized carbons (Fsp3) is 0.148. The number of aryl methyl sites for hydroxylation is 1. The number of nitrogens with one attached hydrogen (secondary N) is 1. The molecule has 34 heavy (non-hydrogen) atoms. The summed E-state index contributed by atoms with van der Waals surface area (Å²) in [6.07, 6.45) is 1.78. The molecule has 0 radical (unpaired) electrons. The summed E-state index contributed by atoms with van der Waals surface area (Å²) in [7, 11) is 1.37. The Balaban J connectivity index is 1.57. The zero-order valence-corrected chi connectivity index (χ0v) is 19.6. The number of benzene rings is 2. The van der Waals surface area contributed by atoms with Gasteiger partial charge in [0.05, 0.1) is 24.4 Å². The van der Waals surface area contributed by atoms with Gasteiger partial charge in [0.15, 0.2) is 5.11 Å². The van der Waals surface area contributed by atoms with Gasteiger partial charge in [-0.25, -0.2) is 4.79 Å². The van der Waals surface area contributed by atoms with Crippen molar-refractivity contribution in [2.24, 2.45) is 0 Å². The molecule has 170 valence electrons. The van der Waals surface area contributed by atoms with E-state index in [1.54, 1.807) is 18.3 Å². The van der Waals surface area contributed by atoms with Gasteiger partial charge in [-0.3, -0.25) is 4.98 Å². The molecule has 0 amide bonds. The van der Waals surface area contributed by atoms with Crippen molar-refractivity contribution in [3.63, 3.8) is 0 Å². The molecule has 2 aromatic carbocycles. The van der Waals surface area contributed by atoms with Gasteiger partial charge in [-0.1, -0.05) is 35.9 Å². The topological polar surface area (TPSA) is 67.6 Å². The van der Waals surface area contributed by atoms with Crippen LogP contribution >= 0.6 is 12.2 Å². The first kappa shape index (κ1) is 21.9. The molecule has 1 N–H and O–H groups in total. The molecule has 1 saturated heterocycles. The fourth-order valence-corrected chi connectivity index (χ4v) is 4.56. The van der Waals surface area contributed by atoms with Crippen LogP contribution in [-0.4, -0.2) is 23.2 Å². The maximum atomic E-state index is 12.0. The monoisotopic (exact) mass is 469 g/mol. The Kier molecular flexibility index (Phi) is 5.86. The van der Waals surface area contributed by atoms with E-state index in [4.69, 9.17) is 21.4 Å². The molecule has 0 spiro atoms. The van der Waals surface area contributed by atoms with Crippen LogP contribution in [0.3, 0.4) is 0 Å². The Bertz CT molecular complexity index is 1330. The second-order valence-electron chi connectivity index (χ2n) is 8.11. The molecule has 0 unspecified atom stereocenters. The predicted molar refractivity (Wildman–Crippen MR) is 135 cm³/mol. The number of methoxy groups -OCH3 is 1. The van der Waals surface area contributed by atoms with Crippen LogP contribution in [0.25, 0.3) is 11.3 Å². The number of aromatic nitrogens is 1. The lowest BCUT2D eigenvalue weighted by atomic mass is 10.0. The van der Waals surface area contributed by atoms with Crippen LogP contribution in [0.1, 0.15) is 39.5 Å². The Labute approximate surface area is 203 Å². The highest BCUT2D eigenvalue weighted by Crippen LogP contribution is 2.43. The van der Waals surface area contributed by atoms with Crippen molar-refractivity contribution in [2.75, 3.05) is 12.0 Å². The van der Waals surface area contributed by atoms with Crippen LogP contribution in [0.15, 0.2) is 89.5 Å². The third-order valence-electron chi connectivity index (χ3n) is 5.90. The van der Waals surface area contributed by atoms with Gasteiger partial charge >= 0.3 is 5.97 Å². The van der Waals surface area contributed by atoms with Crippen LogP contribution in [0, 0.1) is 6.92 Å². The molecule has 3 heterocycles. The minimum atomic E-state index is -0.389. The van der Waals surface area contributed by atoms with Crippen molar-refractivity contribution in [1.29, 1.82) is 0 Å². The lowest BCUT2D eigenvalue weighted by molar-refractivity contribution is 0.0601. The Morgan fingerprint density at radius 2 is 1.88 bits per heavy atom. The largest absolute Gasteiger partial charge is 0.465 e. The highest BCUT2D eigenvalue weighted by atomic mass is 32.1. The standard InChI is InChI=1S/C27H23N3O3S/c1-17-9-11-20(12-10-17)30-25(24(29-27(30)34)21-8-3-4-15-28-21)23-14-13-22(33-23)18-6-5-7-19(16-18)26(31)32-2/h3-16,24-25H,1-2H3,(H,29,34)/t24-,25+/m1/s1. The molecule has 1 aliphatic heterocycles. The minimum absolute atomic E-state index is 0.199. The van der Waals surface area contributed by atoms with E-state index in [9.17, 15) is 4.79 Å². The highest BCUT2D eigenvalue weighted by Gasteiger charge is 2.42. The van der Waals surface area contributed by atoms with E-state index in [0.717, 1.165) is 22.7 Å². The highest BCUT2D eigenvalue weighted by molar-refractivity contribution is 7.80. The molecule has 0 bridgehead atoms. The van der Waals surface area contributed by atoms with Crippen LogP contribution in [0.5, 0.6) is 0 Å². The van der Waals surface area contributed by atoms with Crippen molar-refractivity contribution >= 4 is 29.0 Å². The van der Waals surface area contributed by atoms with E-state index in [0.29, 0.717) is 16.4 Å². The zero-order chi connectivity index (χ0) is 23.7. The molecule has 5 rings (SSSR count). The normalized spacial score (nSPS) is 17.5. The lowest BCUT2D eigenvalue weighted by Gasteiger charge is -2.26. The molecule has 2 aromatic heterocycles. The quantitative estimate of drug-likeness (QED) is 0.301. The molecule has 1 fully saturated rings. The van der Waals surface area contributed by atoms with Crippen molar-refractivity contribution in [2.45, 2.75) is 19.0 Å². The predicted octanol–water partition coefficient (Wildman–Crippen LogP) is 5.61. The third-order valence-corrected chi connectivity index (χ3v) is 6.21. The molecular weight excluding hydrogens is 446 g/mol. The number of nitrogens with zero attached hydrogens (tertiary/aromatic N) is 2. The van der Waals surface area contributed by atoms with Gasteiger partial charge < -0.3 is 19.4 Å².